The summed E-state index contributed by atoms with van der Waals surface area (Å²) in [5, 5.41) is 2.83. The van der Waals surface area contributed by atoms with Crippen molar-refractivity contribution in [2.45, 2.75) is 64.3 Å². The highest BCUT2D eigenvalue weighted by atomic mass is 19.1. The maximum absolute atomic E-state index is 13.0. The highest BCUT2D eigenvalue weighted by Gasteiger charge is 2.39. The van der Waals surface area contributed by atoms with Crippen molar-refractivity contribution in [3.05, 3.63) is 17.8 Å². The normalized spacial score (nSPS) is 16.3. The quantitative estimate of drug-likeness (QED) is 0.399. The van der Waals surface area contributed by atoms with E-state index in [-0.39, 0.29) is 18.7 Å². The molecule has 1 saturated heterocycles. The van der Waals surface area contributed by atoms with Gasteiger partial charge in [-0.25, -0.2) is 9.78 Å². The molecule has 172 valence electrons. The first-order chi connectivity index (χ1) is 15.0. The standard InChI is InChI=1S/C23H34FN3O4/c1-3-23(4-2,22(29)30-15-7-12-24)26-20(28)18-10-11-19(27-13-5-6-14-27)21(25-18)31-16-17-8-9-17/h10-11,17H,3-9,12-16H2,1-2H3,(H,26,28). The first-order valence-corrected chi connectivity index (χ1v) is 11.5. The number of amides is 1. The highest BCUT2D eigenvalue weighted by molar-refractivity contribution is 5.97. The molecule has 3 rings (SSSR count). The van der Waals surface area contributed by atoms with Gasteiger partial charge in [-0.2, -0.15) is 0 Å². The van der Waals surface area contributed by atoms with Crippen LogP contribution in [0.2, 0.25) is 0 Å². The minimum Gasteiger partial charge on any atom is -0.476 e. The number of pyridine rings is 1. The summed E-state index contributed by atoms with van der Waals surface area (Å²) in [6.07, 6.45) is 5.46. The molecule has 31 heavy (non-hydrogen) atoms. The largest absolute Gasteiger partial charge is 0.476 e. The molecule has 0 unspecified atom stereocenters. The number of halogens is 1. The van der Waals surface area contributed by atoms with Crippen molar-refractivity contribution in [2.75, 3.05) is 37.9 Å². The summed E-state index contributed by atoms with van der Waals surface area (Å²) in [4.78, 5) is 32.4. The second-order valence-electron chi connectivity index (χ2n) is 8.39. The van der Waals surface area contributed by atoms with Gasteiger partial charge >= 0.3 is 5.97 Å². The van der Waals surface area contributed by atoms with E-state index >= 15 is 0 Å². The van der Waals surface area contributed by atoms with E-state index in [4.69, 9.17) is 9.47 Å². The van der Waals surface area contributed by atoms with Crippen molar-refractivity contribution in [1.82, 2.24) is 10.3 Å². The summed E-state index contributed by atoms with van der Waals surface area (Å²) in [6.45, 7) is 5.58. The Kier molecular flexibility index (Phi) is 8.09. The molecule has 0 aromatic carbocycles. The van der Waals surface area contributed by atoms with Gasteiger partial charge in [-0.1, -0.05) is 13.8 Å². The lowest BCUT2D eigenvalue weighted by molar-refractivity contribution is -0.152. The minimum absolute atomic E-state index is 0.00507. The van der Waals surface area contributed by atoms with Crippen molar-refractivity contribution >= 4 is 17.6 Å². The molecule has 1 N–H and O–H groups in total. The van der Waals surface area contributed by atoms with E-state index < -0.39 is 24.1 Å². The highest BCUT2D eigenvalue weighted by Crippen LogP contribution is 2.33. The van der Waals surface area contributed by atoms with E-state index in [0.717, 1.165) is 31.6 Å². The Morgan fingerprint density at radius 3 is 2.55 bits per heavy atom. The van der Waals surface area contributed by atoms with Gasteiger partial charge in [-0.3, -0.25) is 9.18 Å². The average Bonchev–Trinajstić information content (AvgIpc) is 3.46. The van der Waals surface area contributed by atoms with Gasteiger partial charge in [0.1, 0.15) is 11.2 Å². The lowest BCUT2D eigenvalue weighted by Gasteiger charge is -2.30. The van der Waals surface area contributed by atoms with Crippen LogP contribution in [-0.2, 0) is 9.53 Å². The summed E-state index contributed by atoms with van der Waals surface area (Å²) < 4.78 is 23.6. The summed E-state index contributed by atoms with van der Waals surface area (Å²) in [5.41, 5.74) is -0.0493. The Balaban J connectivity index is 1.76. The first kappa shape index (κ1) is 23.3. The molecule has 1 aliphatic heterocycles. The van der Waals surface area contributed by atoms with Crippen molar-refractivity contribution in [3.8, 4) is 5.88 Å². The van der Waals surface area contributed by atoms with Gasteiger partial charge in [0.25, 0.3) is 5.91 Å². The zero-order valence-corrected chi connectivity index (χ0v) is 18.6. The maximum atomic E-state index is 13.0. The average molecular weight is 436 g/mol. The van der Waals surface area contributed by atoms with E-state index in [2.05, 4.69) is 15.2 Å². The number of carbonyl (C=O) groups is 2. The van der Waals surface area contributed by atoms with Crippen molar-refractivity contribution in [2.24, 2.45) is 5.92 Å². The van der Waals surface area contributed by atoms with Crippen LogP contribution in [0.5, 0.6) is 5.88 Å². The number of anilines is 1. The van der Waals surface area contributed by atoms with Gasteiger partial charge in [0.05, 0.1) is 25.6 Å². The topological polar surface area (TPSA) is 80.8 Å². The Labute approximate surface area is 183 Å². The Bertz CT molecular complexity index is 759. The molecule has 8 heteroatoms. The summed E-state index contributed by atoms with van der Waals surface area (Å²) in [5.74, 6) is 0.0526. The lowest BCUT2D eigenvalue weighted by Crippen LogP contribution is -2.54. The molecule has 1 aromatic heterocycles. The van der Waals surface area contributed by atoms with Gasteiger partial charge in [0, 0.05) is 19.5 Å². The third-order valence-electron chi connectivity index (χ3n) is 6.13. The van der Waals surface area contributed by atoms with E-state index in [0.29, 0.717) is 31.2 Å². The van der Waals surface area contributed by atoms with Gasteiger partial charge < -0.3 is 19.7 Å². The van der Waals surface area contributed by atoms with Crippen molar-refractivity contribution < 1.29 is 23.5 Å². The van der Waals surface area contributed by atoms with E-state index in [1.165, 1.54) is 12.8 Å². The van der Waals surface area contributed by atoms with E-state index in [9.17, 15) is 14.0 Å². The molecule has 1 saturated carbocycles. The van der Waals surface area contributed by atoms with E-state index in [1.807, 2.05) is 19.9 Å². The number of hydrogen-bond acceptors (Lipinski definition) is 6. The molecule has 0 spiro atoms. The predicted molar refractivity (Wildman–Crippen MR) is 116 cm³/mol. The zero-order valence-electron chi connectivity index (χ0n) is 18.6. The zero-order chi connectivity index (χ0) is 22.3. The summed E-state index contributed by atoms with van der Waals surface area (Å²) in [7, 11) is 0. The van der Waals surface area contributed by atoms with Gasteiger partial charge in [0.2, 0.25) is 5.88 Å². The van der Waals surface area contributed by atoms with Crippen LogP contribution in [0.3, 0.4) is 0 Å². The fourth-order valence-corrected chi connectivity index (χ4v) is 3.75. The SMILES string of the molecule is CCC(CC)(NC(=O)c1ccc(N2CCCC2)c(OCC2CC2)n1)C(=O)OCCCF. The molecule has 2 fully saturated rings. The summed E-state index contributed by atoms with van der Waals surface area (Å²) >= 11 is 0. The Hall–Kier alpha value is -2.38. The Morgan fingerprint density at radius 1 is 1.23 bits per heavy atom. The lowest BCUT2D eigenvalue weighted by atomic mass is 9.92. The molecular formula is C23H34FN3O4. The van der Waals surface area contributed by atoms with Gasteiger partial charge in [0.15, 0.2) is 0 Å². The van der Waals surface area contributed by atoms with Crippen LogP contribution in [-0.4, -0.2) is 55.4 Å². The van der Waals surface area contributed by atoms with Crippen LogP contribution >= 0.6 is 0 Å². The molecule has 2 aliphatic rings. The monoisotopic (exact) mass is 435 g/mol. The van der Waals surface area contributed by atoms with Crippen LogP contribution in [0, 0.1) is 5.92 Å². The van der Waals surface area contributed by atoms with Crippen molar-refractivity contribution in [1.29, 1.82) is 0 Å². The molecule has 7 nitrogen and oxygen atoms in total. The molecule has 0 bridgehead atoms. The number of aromatic nitrogens is 1. The molecule has 0 atom stereocenters. The third kappa shape index (κ3) is 5.86. The molecule has 1 amide bonds. The van der Waals surface area contributed by atoms with Crippen LogP contribution in [0.4, 0.5) is 10.1 Å². The smallest absolute Gasteiger partial charge is 0.331 e. The van der Waals surface area contributed by atoms with Crippen LogP contribution < -0.4 is 15.0 Å². The fourth-order valence-electron chi connectivity index (χ4n) is 3.75. The van der Waals surface area contributed by atoms with Crippen molar-refractivity contribution in [3.63, 3.8) is 0 Å². The molecule has 2 heterocycles. The third-order valence-corrected chi connectivity index (χ3v) is 6.13. The van der Waals surface area contributed by atoms with Gasteiger partial charge in [-0.15, -0.1) is 0 Å². The van der Waals surface area contributed by atoms with Gasteiger partial charge in [-0.05, 0) is 56.6 Å². The molecular weight excluding hydrogens is 401 g/mol. The Morgan fingerprint density at radius 2 is 1.94 bits per heavy atom. The van der Waals surface area contributed by atoms with E-state index in [1.54, 1.807) is 6.07 Å². The molecule has 0 radical (unpaired) electrons. The summed E-state index contributed by atoms with van der Waals surface area (Å²) in [6, 6.07) is 3.56. The number of nitrogens with one attached hydrogen (secondary N) is 1. The number of alkyl halides is 1. The molecule has 1 aliphatic carbocycles. The fraction of sp³-hybridized carbons (Fsp3) is 0.696. The predicted octanol–water partition coefficient (Wildman–Crippen LogP) is 3.66. The molecule has 1 aromatic rings. The van der Waals surface area contributed by atoms with Crippen LogP contribution in [0.25, 0.3) is 0 Å². The number of hydrogen-bond donors (Lipinski definition) is 1. The number of nitrogens with zero attached hydrogens (tertiary/aromatic N) is 2. The maximum Gasteiger partial charge on any atom is 0.331 e. The number of rotatable bonds is 12. The number of ether oxygens (including phenoxy) is 2. The number of esters is 1. The first-order valence-electron chi connectivity index (χ1n) is 11.5. The number of carbonyl (C=O) groups excluding carboxylic acids is 2. The van der Waals surface area contributed by atoms with Crippen LogP contribution in [0.1, 0.15) is 69.3 Å². The second-order valence-corrected chi connectivity index (χ2v) is 8.39. The van der Waals surface area contributed by atoms with Crippen LogP contribution in [0.15, 0.2) is 12.1 Å². The second kappa shape index (κ2) is 10.8. The minimum atomic E-state index is -1.17.